The SMILES string of the molecule is CCN(CC)c1ccc(/C=C2/CN(C)C/C(=C/c3ccc(N(CC)CC)cc3)C2=O)cc1. The van der Waals surface area contributed by atoms with Gasteiger partial charge in [-0.15, -0.1) is 0 Å². The monoisotopic (exact) mass is 431 g/mol. The van der Waals surface area contributed by atoms with E-state index < -0.39 is 0 Å². The molecule has 1 aliphatic heterocycles. The van der Waals surface area contributed by atoms with Gasteiger partial charge in [0.2, 0.25) is 0 Å². The van der Waals surface area contributed by atoms with Gasteiger partial charge in [-0.05, 0) is 82.3 Å². The summed E-state index contributed by atoms with van der Waals surface area (Å²) in [4.78, 5) is 20.1. The van der Waals surface area contributed by atoms with E-state index in [-0.39, 0.29) is 5.78 Å². The Morgan fingerprint density at radius 3 is 1.34 bits per heavy atom. The number of carbonyl (C=O) groups excluding carboxylic acids is 1. The van der Waals surface area contributed by atoms with E-state index in [1.54, 1.807) is 0 Å². The summed E-state index contributed by atoms with van der Waals surface area (Å²) in [7, 11) is 2.07. The van der Waals surface area contributed by atoms with Crippen molar-refractivity contribution >= 4 is 29.3 Å². The van der Waals surface area contributed by atoms with Crippen molar-refractivity contribution < 1.29 is 4.79 Å². The number of Topliss-reactive ketones (excluding diaryl/α,β-unsaturated/α-hetero) is 1. The molecule has 0 aromatic heterocycles. The first-order valence-electron chi connectivity index (χ1n) is 11.8. The van der Waals surface area contributed by atoms with Gasteiger partial charge in [0.1, 0.15) is 0 Å². The molecule has 2 aromatic carbocycles. The maximum atomic E-state index is 13.2. The number of benzene rings is 2. The molecular weight excluding hydrogens is 394 g/mol. The van der Waals surface area contributed by atoms with E-state index in [9.17, 15) is 4.79 Å². The third-order valence-corrected chi connectivity index (χ3v) is 6.19. The smallest absolute Gasteiger partial charge is 0.187 e. The number of ketones is 1. The van der Waals surface area contributed by atoms with Gasteiger partial charge in [0, 0.05) is 61.8 Å². The van der Waals surface area contributed by atoms with Gasteiger partial charge in [0.25, 0.3) is 0 Å². The molecule has 3 rings (SSSR count). The molecule has 0 spiro atoms. The summed E-state index contributed by atoms with van der Waals surface area (Å²) in [6, 6.07) is 17.0. The minimum absolute atomic E-state index is 0.156. The van der Waals surface area contributed by atoms with Crippen LogP contribution in [0.1, 0.15) is 38.8 Å². The van der Waals surface area contributed by atoms with Gasteiger partial charge in [-0.1, -0.05) is 24.3 Å². The Kier molecular flexibility index (Phi) is 8.29. The van der Waals surface area contributed by atoms with Crippen molar-refractivity contribution in [3.8, 4) is 0 Å². The number of likely N-dealkylation sites (N-methyl/N-ethyl adjacent to an activating group) is 1. The van der Waals surface area contributed by atoms with Crippen molar-refractivity contribution in [2.75, 3.05) is 56.1 Å². The van der Waals surface area contributed by atoms with Gasteiger partial charge < -0.3 is 9.80 Å². The summed E-state index contributed by atoms with van der Waals surface area (Å²) >= 11 is 0. The lowest BCUT2D eigenvalue weighted by molar-refractivity contribution is -0.113. The van der Waals surface area contributed by atoms with Crippen LogP contribution < -0.4 is 9.80 Å². The highest BCUT2D eigenvalue weighted by molar-refractivity contribution is 6.14. The summed E-state index contributed by atoms with van der Waals surface area (Å²) < 4.78 is 0. The summed E-state index contributed by atoms with van der Waals surface area (Å²) in [5.41, 5.74) is 6.28. The molecule has 0 N–H and O–H groups in total. The Hall–Kier alpha value is -2.85. The quantitative estimate of drug-likeness (QED) is 0.526. The van der Waals surface area contributed by atoms with Gasteiger partial charge in [-0.2, -0.15) is 0 Å². The maximum Gasteiger partial charge on any atom is 0.187 e. The molecule has 32 heavy (non-hydrogen) atoms. The number of hydrogen-bond acceptors (Lipinski definition) is 4. The lowest BCUT2D eigenvalue weighted by atomic mass is 9.94. The molecule has 0 unspecified atom stereocenters. The van der Waals surface area contributed by atoms with E-state index in [0.717, 1.165) is 48.5 Å². The zero-order valence-corrected chi connectivity index (χ0v) is 20.3. The lowest BCUT2D eigenvalue weighted by Gasteiger charge is -2.26. The standard InChI is InChI=1S/C28H37N3O/c1-6-30(7-2)26-14-10-22(11-15-26)18-24-20-29(5)21-25(28(24)32)19-23-12-16-27(17-13-23)31(8-3)9-4/h10-19H,6-9,20-21H2,1-5H3/b24-18-,25-19-. The Morgan fingerprint density at radius 1 is 0.688 bits per heavy atom. The third-order valence-electron chi connectivity index (χ3n) is 6.19. The van der Waals surface area contributed by atoms with Crippen molar-refractivity contribution in [1.29, 1.82) is 0 Å². The van der Waals surface area contributed by atoms with Gasteiger partial charge >= 0.3 is 0 Å². The number of hydrogen-bond donors (Lipinski definition) is 0. The van der Waals surface area contributed by atoms with Crippen LogP contribution in [0.25, 0.3) is 12.2 Å². The molecule has 170 valence electrons. The van der Waals surface area contributed by atoms with E-state index in [0.29, 0.717) is 13.1 Å². The molecule has 0 radical (unpaired) electrons. The van der Waals surface area contributed by atoms with E-state index in [2.05, 4.69) is 98.0 Å². The number of nitrogens with zero attached hydrogens (tertiary/aromatic N) is 3. The Balaban J connectivity index is 1.81. The topological polar surface area (TPSA) is 26.8 Å². The van der Waals surface area contributed by atoms with Crippen LogP contribution in [0, 0.1) is 0 Å². The van der Waals surface area contributed by atoms with Gasteiger partial charge in [0.05, 0.1) is 0 Å². The second-order valence-corrected chi connectivity index (χ2v) is 8.37. The fourth-order valence-corrected chi connectivity index (χ4v) is 4.35. The Bertz CT molecular complexity index is 872. The third kappa shape index (κ3) is 5.68. The highest BCUT2D eigenvalue weighted by Gasteiger charge is 2.24. The largest absolute Gasteiger partial charge is 0.372 e. The van der Waals surface area contributed by atoms with Crippen LogP contribution in [0.4, 0.5) is 11.4 Å². The number of rotatable bonds is 8. The summed E-state index contributed by atoms with van der Waals surface area (Å²) in [6.07, 6.45) is 4.09. The van der Waals surface area contributed by atoms with Crippen LogP contribution in [-0.2, 0) is 4.79 Å². The highest BCUT2D eigenvalue weighted by atomic mass is 16.1. The fraction of sp³-hybridized carbons (Fsp3) is 0.393. The average molecular weight is 432 g/mol. The molecular formula is C28H37N3O. The van der Waals surface area contributed by atoms with Gasteiger partial charge in [-0.25, -0.2) is 0 Å². The molecule has 1 saturated heterocycles. The first-order chi connectivity index (χ1) is 15.5. The van der Waals surface area contributed by atoms with Gasteiger partial charge in [-0.3, -0.25) is 9.69 Å². The molecule has 0 amide bonds. The van der Waals surface area contributed by atoms with Gasteiger partial charge in [0.15, 0.2) is 5.78 Å². The normalized spacial score (nSPS) is 17.2. The molecule has 4 nitrogen and oxygen atoms in total. The highest BCUT2D eigenvalue weighted by Crippen LogP contribution is 2.23. The molecule has 2 aromatic rings. The minimum Gasteiger partial charge on any atom is -0.372 e. The van der Waals surface area contributed by atoms with Crippen LogP contribution in [0.2, 0.25) is 0 Å². The first-order valence-corrected chi connectivity index (χ1v) is 11.8. The van der Waals surface area contributed by atoms with E-state index in [4.69, 9.17) is 0 Å². The molecule has 4 heteroatoms. The number of anilines is 2. The second kappa shape index (κ2) is 11.1. The molecule has 1 heterocycles. The Labute approximate surface area is 193 Å². The molecule has 1 fully saturated rings. The van der Waals surface area contributed by atoms with Crippen molar-refractivity contribution in [3.63, 3.8) is 0 Å². The zero-order valence-electron chi connectivity index (χ0n) is 20.3. The zero-order chi connectivity index (χ0) is 23.1. The van der Waals surface area contributed by atoms with Crippen LogP contribution in [0.15, 0.2) is 59.7 Å². The summed E-state index contributed by atoms with van der Waals surface area (Å²) in [5, 5.41) is 0. The minimum atomic E-state index is 0.156. The Morgan fingerprint density at radius 2 is 1.03 bits per heavy atom. The first kappa shape index (κ1) is 23.8. The van der Waals surface area contributed by atoms with Crippen LogP contribution in [0.5, 0.6) is 0 Å². The van der Waals surface area contributed by atoms with Crippen LogP contribution in [0.3, 0.4) is 0 Å². The number of carbonyl (C=O) groups is 1. The molecule has 0 atom stereocenters. The fourth-order valence-electron chi connectivity index (χ4n) is 4.35. The van der Waals surface area contributed by atoms with Crippen molar-refractivity contribution in [1.82, 2.24) is 4.90 Å². The molecule has 1 aliphatic rings. The molecule has 0 aliphatic carbocycles. The predicted octanol–water partition coefficient (Wildman–Crippen LogP) is 5.36. The number of likely N-dealkylation sites (tertiary alicyclic amines) is 1. The molecule has 0 saturated carbocycles. The van der Waals surface area contributed by atoms with E-state index in [1.807, 2.05) is 12.2 Å². The maximum absolute atomic E-state index is 13.2. The summed E-state index contributed by atoms with van der Waals surface area (Å²) in [6.45, 7) is 14.0. The van der Waals surface area contributed by atoms with Crippen molar-refractivity contribution in [3.05, 3.63) is 70.8 Å². The second-order valence-electron chi connectivity index (χ2n) is 8.37. The van der Waals surface area contributed by atoms with Crippen molar-refractivity contribution in [2.45, 2.75) is 27.7 Å². The van der Waals surface area contributed by atoms with Crippen LogP contribution >= 0.6 is 0 Å². The van der Waals surface area contributed by atoms with Crippen LogP contribution in [-0.4, -0.2) is 57.0 Å². The lowest BCUT2D eigenvalue weighted by Crippen LogP contribution is -2.34. The average Bonchev–Trinajstić information content (AvgIpc) is 2.80. The number of piperidine rings is 1. The predicted molar refractivity (Wildman–Crippen MR) is 138 cm³/mol. The van der Waals surface area contributed by atoms with Crippen molar-refractivity contribution in [2.24, 2.45) is 0 Å². The van der Waals surface area contributed by atoms with E-state index in [1.165, 1.54) is 11.4 Å². The molecule has 0 bridgehead atoms. The summed E-state index contributed by atoms with van der Waals surface area (Å²) in [5.74, 6) is 0.156. The van der Waals surface area contributed by atoms with E-state index >= 15 is 0 Å².